The molecule has 0 spiro atoms. The summed E-state index contributed by atoms with van der Waals surface area (Å²) in [4.78, 5) is 29.8. The smallest absolute Gasteiger partial charge is 0.415 e. The van der Waals surface area contributed by atoms with Gasteiger partial charge in [-0.1, -0.05) is 111 Å². The Morgan fingerprint density at radius 2 is 1.41 bits per heavy atom. The number of halogens is 2. The lowest BCUT2D eigenvalue weighted by Crippen LogP contribution is -2.70. The van der Waals surface area contributed by atoms with E-state index in [4.69, 9.17) is 23.2 Å². The molecule has 8 heteroatoms. The minimum Gasteiger partial charge on any atom is -0.465 e. The van der Waals surface area contributed by atoms with Crippen LogP contribution in [-0.2, 0) is 17.6 Å². The highest BCUT2D eigenvalue weighted by molar-refractivity contribution is 6.36. The first kappa shape index (κ1) is 29.1. The van der Waals surface area contributed by atoms with E-state index < -0.39 is 35.2 Å². The van der Waals surface area contributed by atoms with Crippen molar-refractivity contribution in [2.75, 3.05) is 6.54 Å². The molecule has 1 saturated heterocycles. The summed E-state index contributed by atoms with van der Waals surface area (Å²) in [5.41, 5.74) is -0.132. The topological polar surface area (TPSA) is 81.1 Å². The van der Waals surface area contributed by atoms with Gasteiger partial charge in [0.1, 0.15) is 11.7 Å². The van der Waals surface area contributed by atoms with Gasteiger partial charge in [-0.15, -0.1) is 0 Å². The van der Waals surface area contributed by atoms with Crippen LogP contribution in [0, 0.1) is 5.41 Å². The Balaban J connectivity index is 1.90. The largest absolute Gasteiger partial charge is 0.465 e. The van der Waals surface area contributed by atoms with Gasteiger partial charge in [-0.25, -0.2) is 9.69 Å². The number of hydrogen-bond acceptors (Lipinski definition) is 4. The summed E-state index contributed by atoms with van der Waals surface area (Å²) in [5.74, 6) is -0.681. The molecule has 0 aromatic heterocycles. The normalized spacial score (nSPS) is 20.8. The van der Waals surface area contributed by atoms with Gasteiger partial charge in [-0.2, -0.15) is 0 Å². The Hall–Kier alpha value is -2.90. The lowest BCUT2D eigenvalue weighted by atomic mass is 9.73. The molecule has 2 N–H and O–H groups in total. The molecule has 0 aliphatic carbocycles. The molecular formula is C31H34Cl2N2O4. The molecule has 0 unspecified atom stereocenters. The van der Waals surface area contributed by atoms with Crippen LogP contribution in [0.2, 0.25) is 10.0 Å². The maximum Gasteiger partial charge on any atom is 0.415 e. The van der Waals surface area contributed by atoms with E-state index in [9.17, 15) is 19.8 Å². The third-order valence-electron chi connectivity index (χ3n) is 7.61. The molecule has 1 heterocycles. The second-order valence-electron chi connectivity index (χ2n) is 10.9. The number of carbonyl (C=O) groups is 2. The van der Waals surface area contributed by atoms with Crippen molar-refractivity contribution in [1.29, 1.82) is 0 Å². The van der Waals surface area contributed by atoms with Crippen molar-refractivity contribution in [3.63, 3.8) is 0 Å². The molecule has 3 aromatic carbocycles. The van der Waals surface area contributed by atoms with E-state index in [-0.39, 0.29) is 23.0 Å². The van der Waals surface area contributed by atoms with E-state index in [2.05, 4.69) is 0 Å². The summed E-state index contributed by atoms with van der Waals surface area (Å²) in [6.45, 7) is 5.85. The summed E-state index contributed by atoms with van der Waals surface area (Å²) in [7, 11) is 0. The lowest BCUT2D eigenvalue weighted by molar-refractivity contribution is -0.158. The molecule has 0 bridgehead atoms. The molecule has 4 rings (SSSR count). The molecular weight excluding hydrogens is 535 g/mol. The standard InChI is InChI=1S/C31H34Cl2N2O4/c1-30(2,3)31(25(36)18-17-21-11-6-4-7-12-21)34(20-19-22-13-8-5-9-14-22)27(28(37)35(31)29(38)39)26-23(32)15-10-16-24(26)33/h4-16,25,27,36H,17-20H2,1-3H3,(H,38,39)/t25-,27+,31+/m1/s1. The summed E-state index contributed by atoms with van der Waals surface area (Å²) in [6, 6.07) is 23.3. The number of aryl methyl sites for hydroxylation is 1. The molecule has 1 aliphatic heterocycles. The summed E-state index contributed by atoms with van der Waals surface area (Å²) in [6.07, 6.45) is -1.37. The van der Waals surface area contributed by atoms with Gasteiger partial charge in [-0.05, 0) is 42.5 Å². The van der Waals surface area contributed by atoms with Crippen molar-refractivity contribution in [2.24, 2.45) is 5.41 Å². The minimum atomic E-state index is -1.60. The molecule has 6 nitrogen and oxygen atoms in total. The average molecular weight is 570 g/mol. The van der Waals surface area contributed by atoms with Crippen molar-refractivity contribution < 1.29 is 19.8 Å². The van der Waals surface area contributed by atoms with E-state index >= 15 is 0 Å². The monoisotopic (exact) mass is 568 g/mol. The first-order valence-corrected chi connectivity index (χ1v) is 13.8. The zero-order valence-corrected chi connectivity index (χ0v) is 23.9. The Morgan fingerprint density at radius 1 is 0.897 bits per heavy atom. The van der Waals surface area contributed by atoms with Gasteiger partial charge in [0.05, 0.1) is 6.10 Å². The fraction of sp³-hybridized carbons (Fsp3) is 0.355. The van der Waals surface area contributed by atoms with Crippen molar-refractivity contribution >= 4 is 35.2 Å². The van der Waals surface area contributed by atoms with Gasteiger partial charge in [0, 0.05) is 27.6 Å². The van der Waals surface area contributed by atoms with Crippen LogP contribution in [0.3, 0.4) is 0 Å². The SMILES string of the molecule is CC(C)(C)[C@]1([C@H](O)CCc2ccccc2)N(C(=O)O)C(=O)[C@H](c2c(Cl)cccc2Cl)N1CCc1ccccc1. The molecule has 3 aromatic rings. The predicted molar refractivity (Wildman–Crippen MR) is 154 cm³/mol. The second-order valence-corrected chi connectivity index (χ2v) is 11.8. The van der Waals surface area contributed by atoms with Gasteiger partial charge < -0.3 is 10.2 Å². The van der Waals surface area contributed by atoms with Gasteiger partial charge in [0.2, 0.25) is 0 Å². The number of amides is 2. The number of hydrogen-bond donors (Lipinski definition) is 2. The van der Waals surface area contributed by atoms with Crippen LogP contribution in [-0.4, -0.2) is 50.3 Å². The van der Waals surface area contributed by atoms with Crippen molar-refractivity contribution in [1.82, 2.24) is 9.80 Å². The summed E-state index contributed by atoms with van der Waals surface area (Å²) in [5, 5.41) is 23.1. The van der Waals surface area contributed by atoms with Crippen LogP contribution in [0.15, 0.2) is 78.9 Å². The summed E-state index contributed by atoms with van der Waals surface area (Å²) < 4.78 is 0. The van der Waals surface area contributed by atoms with Crippen LogP contribution < -0.4 is 0 Å². The highest BCUT2D eigenvalue weighted by Crippen LogP contribution is 2.54. The number of carboxylic acid groups (broad SMARTS) is 1. The van der Waals surface area contributed by atoms with Gasteiger partial charge >= 0.3 is 6.09 Å². The minimum absolute atomic E-state index is 0.239. The molecule has 0 radical (unpaired) electrons. The molecule has 1 fully saturated rings. The second kappa shape index (κ2) is 11.7. The number of rotatable bonds is 8. The molecule has 2 amide bonds. The maximum absolute atomic E-state index is 14.2. The quantitative estimate of drug-likeness (QED) is 0.311. The Kier molecular flexibility index (Phi) is 8.72. The highest BCUT2D eigenvalue weighted by atomic mass is 35.5. The third kappa shape index (κ3) is 5.44. The van der Waals surface area contributed by atoms with Crippen LogP contribution in [0.25, 0.3) is 0 Å². The van der Waals surface area contributed by atoms with Crippen LogP contribution in [0.4, 0.5) is 4.79 Å². The molecule has 39 heavy (non-hydrogen) atoms. The van der Waals surface area contributed by atoms with E-state index in [1.165, 1.54) is 0 Å². The highest BCUT2D eigenvalue weighted by Gasteiger charge is 2.68. The fourth-order valence-corrected chi connectivity index (χ4v) is 6.59. The maximum atomic E-state index is 14.2. The van der Waals surface area contributed by atoms with E-state index in [1.54, 1.807) is 18.2 Å². The van der Waals surface area contributed by atoms with E-state index in [0.717, 1.165) is 16.0 Å². The van der Waals surface area contributed by atoms with Crippen LogP contribution in [0.5, 0.6) is 0 Å². The molecule has 3 atom stereocenters. The Labute approximate surface area is 239 Å². The van der Waals surface area contributed by atoms with Gasteiger partial charge in [0.15, 0.2) is 0 Å². The predicted octanol–water partition coefficient (Wildman–Crippen LogP) is 6.84. The molecule has 0 saturated carbocycles. The zero-order chi connectivity index (χ0) is 28.4. The number of carbonyl (C=O) groups excluding carboxylic acids is 1. The zero-order valence-electron chi connectivity index (χ0n) is 22.3. The fourth-order valence-electron chi connectivity index (χ4n) is 5.99. The number of aliphatic hydroxyl groups is 1. The lowest BCUT2D eigenvalue weighted by Gasteiger charge is -2.53. The number of benzene rings is 3. The van der Waals surface area contributed by atoms with E-state index in [0.29, 0.717) is 18.4 Å². The third-order valence-corrected chi connectivity index (χ3v) is 8.27. The summed E-state index contributed by atoms with van der Waals surface area (Å²) >= 11 is 13.2. The van der Waals surface area contributed by atoms with Gasteiger partial charge in [-0.3, -0.25) is 9.69 Å². The first-order valence-electron chi connectivity index (χ1n) is 13.0. The number of nitrogens with zero attached hydrogens (tertiary/aromatic N) is 2. The Morgan fingerprint density at radius 3 is 1.90 bits per heavy atom. The average Bonchev–Trinajstić information content (AvgIpc) is 3.16. The Bertz CT molecular complexity index is 1290. The van der Waals surface area contributed by atoms with Crippen LogP contribution >= 0.6 is 23.2 Å². The molecule has 1 aliphatic rings. The van der Waals surface area contributed by atoms with Crippen molar-refractivity contribution in [2.45, 2.75) is 57.8 Å². The van der Waals surface area contributed by atoms with Gasteiger partial charge in [0.25, 0.3) is 5.91 Å². The molecule has 206 valence electrons. The first-order chi connectivity index (χ1) is 18.5. The van der Waals surface area contributed by atoms with E-state index in [1.807, 2.05) is 86.3 Å². The van der Waals surface area contributed by atoms with Crippen molar-refractivity contribution in [3.05, 3.63) is 106 Å². The van der Waals surface area contributed by atoms with Crippen LogP contribution in [0.1, 0.15) is 49.9 Å². The van der Waals surface area contributed by atoms with Crippen molar-refractivity contribution in [3.8, 4) is 0 Å². The number of imide groups is 1. The number of aliphatic hydroxyl groups excluding tert-OH is 1.